The van der Waals surface area contributed by atoms with Gasteiger partial charge >= 0.3 is 0 Å². The third-order valence-electron chi connectivity index (χ3n) is 3.29. The lowest BCUT2D eigenvalue weighted by Crippen LogP contribution is -2.33. The topological polar surface area (TPSA) is 38.3 Å². The highest BCUT2D eigenvalue weighted by molar-refractivity contribution is 9.10. The third-order valence-corrected chi connectivity index (χ3v) is 3.71. The molecule has 0 saturated heterocycles. The predicted octanol–water partition coefficient (Wildman–Crippen LogP) is 3.19. The van der Waals surface area contributed by atoms with Crippen molar-refractivity contribution < 1.29 is 13.9 Å². The second kappa shape index (κ2) is 7.18. The van der Waals surface area contributed by atoms with Crippen LogP contribution < -0.4 is 5.32 Å². The quantitative estimate of drug-likeness (QED) is 0.772. The van der Waals surface area contributed by atoms with Crippen LogP contribution in [-0.4, -0.2) is 23.9 Å². The molecule has 110 valence electrons. The minimum absolute atomic E-state index is 0.0767. The molecule has 20 heavy (non-hydrogen) atoms. The molecule has 1 fully saturated rings. The fourth-order valence-electron chi connectivity index (χ4n) is 1.82. The van der Waals surface area contributed by atoms with Gasteiger partial charge in [0.25, 0.3) is 0 Å². The Morgan fingerprint density at radius 3 is 2.65 bits per heavy atom. The van der Waals surface area contributed by atoms with Crippen LogP contribution in [0, 0.1) is 11.7 Å². The van der Waals surface area contributed by atoms with Crippen LogP contribution in [0.5, 0.6) is 0 Å². The van der Waals surface area contributed by atoms with E-state index in [0.717, 1.165) is 5.56 Å². The van der Waals surface area contributed by atoms with Crippen molar-refractivity contribution in [1.82, 2.24) is 5.32 Å². The molecule has 1 saturated carbocycles. The molecular formula is C15H19BrFNO2. The average Bonchev–Trinajstić information content (AvgIpc) is 3.24. The standard InChI is InChI=1S/C15H19BrFNO2/c1-10(16)15(19)18-8-14(20-9-11-2-3-11)12-4-6-13(17)7-5-12/h4-7,10-11,14H,2-3,8-9H2,1H3,(H,18,19)/t10-,14+/m1/s1. The molecule has 2 atom stereocenters. The van der Waals surface area contributed by atoms with Crippen LogP contribution in [0.25, 0.3) is 0 Å². The summed E-state index contributed by atoms with van der Waals surface area (Å²) in [5.41, 5.74) is 0.884. The van der Waals surface area contributed by atoms with E-state index in [-0.39, 0.29) is 22.7 Å². The van der Waals surface area contributed by atoms with Gasteiger partial charge in [-0.1, -0.05) is 28.1 Å². The molecule has 1 aliphatic rings. The Balaban J connectivity index is 1.95. The van der Waals surface area contributed by atoms with Crippen molar-refractivity contribution in [2.24, 2.45) is 5.92 Å². The van der Waals surface area contributed by atoms with Crippen LogP contribution in [0.1, 0.15) is 31.4 Å². The summed E-state index contributed by atoms with van der Waals surface area (Å²) in [6.45, 7) is 2.86. The summed E-state index contributed by atoms with van der Waals surface area (Å²) in [4.78, 5) is 11.4. The molecule has 0 radical (unpaired) electrons. The summed E-state index contributed by atoms with van der Waals surface area (Å²) in [5.74, 6) is 0.295. The van der Waals surface area contributed by atoms with Gasteiger partial charge in [-0.15, -0.1) is 0 Å². The summed E-state index contributed by atoms with van der Waals surface area (Å²) in [6.07, 6.45) is 2.19. The van der Waals surface area contributed by atoms with Crippen LogP contribution in [0.4, 0.5) is 4.39 Å². The van der Waals surface area contributed by atoms with E-state index in [9.17, 15) is 9.18 Å². The Hall–Kier alpha value is -0.940. The first-order chi connectivity index (χ1) is 9.56. The van der Waals surface area contributed by atoms with Crippen molar-refractivity contribution >= 4 is 21.8 Å². The van der Waals surface area contributed by atoms with E-state index in [2.05, 4.69) is 21.2 Å². The molecule has 0 aliphatic heterocycles. The van der Waals surface area contributed by atoms with Gasteiger partial charge in [0.1, 0.15) is 5.82 Å². The second-order valence-corrected chi connectivity index (χ2v) is 6.55. The maximum Gasteiger partial charge on any atom is 0.233 e. The van der Waals surface area contributed by atoms with Gasteiger partial charge in [-0.25, -0.2) is 4.39 Å². The number of ether oxygens (including phenoxy) is 1. The van der Waals surface area contributed by atoms with Gasteiger partial charge in [-0.3, -0.25) is 4.79 Å². The number of alkyl halides is 1. The third kappa shape index (κ3) is 4.87. The van der Waals surface area contributed by atoms with E-state index in [1.165, 1.54) is 25.0 Å². The Morgan fingerprint density at radius 2 is 2.10 bits per heavy atom. The van der Waals surface area contributed by atoms with E-state index < -0.39 is 0 Å². The highest BCUT2D eigenvalue weighted by Crippen LogP contribution is 2.31. The summed E-state index contributed by atoms with van der Waals surface area (Å²) >= 11 is 3.23. The number of rotatable bonds is 7. The van der Waals surface area contributed by atoms with Crippen molar-refractivity contribution in [1.29, 1.82) is 0 Å². The first-order valence-electron chi connectivity index (χ1n) is 6.85. The van der Waals surface area contributed by atoms with Gasteiger partial charge in [-0.05, 0) is 43.4 Å². The number of benzene rings is 1. The summed E-state index contributed by atoms with van der Waals surface area (Å²) < 4.78 is 18.8. The van der Waals surface area contributed by atoms with Crippen molar-refractivity contribution in [3.8, 4) is 0 Å². The molecule has 1 aliphatic carbocycles. The van der Waals surface area contributed by atoms with Crippen molar-refractivity contribution in [2.45, 2.75) is 30.7 Å². The number of carbonyl (C=O) groups excluding carboxylic acids is 1. The van der Waals surface area contributed by atoms with Crippen molar-refractivity contribution in [3.63, 3.8) is 0 Å². The number of amides is 1. The largest absolute Gasteiger partial charge is 0.371 e. The lowest BCUT2D eigenvalue weighted by molar-refractivity contribution is -0.120. The first-order valence-corrected chi connectivity index (χ1v) is 7.76. The molecule has 0 aromatic heterocycles. The zero-order valence-corrected chi connectivity index (χ0v) is 13.0. The number of carbonyl (C=O) groups is 1. The molecule has 3 nitrogen and oxygen atoms in total. The molecule has 0 unspecified atom stereocenters. The van der Waals surface area contributed by atoms with Crippen molar-refractivity contribution in [3.05, 3.63) is 35.6 Å². The van der Waals surface area contributed by atoms with Gasteiger partial charge < -0.3 is 10.1 Å². The smallest absolute Gasteiger partial charge is 0.233 e. The maximum atomic E-state index is 13.0. The summed E-state index contributed by atoms with van der Waals surface area (Å²) in [6, 6.07) is 6.24. The van der Waals surface area contributed by atoms with Gasteiger partial charge in [0, 0.05) is 6.54 Å². The van der Waals surface area contributed by atoms with Crippen LogP contribution in [-0.2, 0) is 9.53 Å². The first kappa shape index (κ1) is 15.4. The van der Waals surface area contributed by atoms with Crippen LogP contribution >= 0.6 is 15.9 Å². The van der Waals surface area contributed by atoms with Gasteiger partial charge in [0.05, 0.1) is 17.5 Å². The van der Waals surface area contributed by atoms with Crippen LogP contribution in [0.15, 0.2) is 24.3 Å². The number of halogens is 2. The molecule has 1 aromatic rings. The predicted molar refractivity (Wildman–Crippen MR) is 79.2 cm³/mol. The highest BCUT2D eigenvalue weighted by atomic mass is 79.9. The highest BCUT2D eigenvalue weighted by Gasteiger charge is 2.24. The fraction of sp³-hybridized carbons (Fsp3) is 0.533. The van der Waals surface area contributed by atoms with Gasteiger partial charge in [0.2, 0.25) is 5.91 Å². The van der Waals surface area contributed by atoms with E-state index in [0.29, 0.717) is 19.1 Å². The van der Waals surface area contributed by atoms with Gasteiger partial charge in [-0.2, -0.15) is 0 Å². The number of nitrogens with one attached hydrogen (secondary N) is 1. The zero-order chi connectivity index (χ0) is 14.5. The molecule has 2 rings (SSSR count). The molecule has 1 amide bonds. The molecule has 1 N–H and O–H groups in total. The second-order valence-electron chi connectivity index (χ2n) is 5.18. The lowest BCUT2D eigenvalue weighted by Gasteiger charge is -2.19. The summed E-state index contributed by atoms with van der Waals surface area (Å²) in [5, 5.41) is 2.83. The van der Waals surface area contributed by atoms with E-state index in [1.54, 1.807) is 19.1 Å². The lowest BCUT2D eigenvalue weighted by atomic mass is 10.1. The monoisotopic (exact) mass is 343 g/mol. The Kier molecular flexibility index (Phi) is 5.54. The van der Waals surface area contributed by atoms with E-state index >= 15 is 0 Å². The van der Waals surface area contributed by atoms with Crippen LogP contribution in [0.3, 0.4) is 0 Å². The SMILES string of the molecule is C[C@@H](Br)C(=O)NC[C@H](OCC1CC1)c1ccc(F)cc1. The fourth-order valence-corrected chi connectivity index (χ4v) is 1.98. The molecule has 0 spiro atoms. The van der Waals surface area contributed by atoms with E-state index in [4.69, 9.17) is 4.74 Å². The molecule has 0 bridgehead atoms. The van der Waals surface area contributed by atoms with Gasteiger partial charge in [0.15, 0.2) is 0 Å². The molecular weight excluding hydrogens is 325 g/mol. The maximum absolute atomic E-state index is 13.0. The molecule has 0 heterocycles. The minimum Gasteiger partial charge on any atom is -0.371 e. The Bertz CT molecular complexity index is 446. The van der Waals surface area contributed by atoms with Crippen molar-refractivity contribution in [2.75, 3.05) is 13.2 Å². The Labute approximate surface area is 127 Å². The summed E-state index contributed by atoms with van der Waals surface area (Å²) in [7, 11) is 0. The van der Waals surface area contributed by atoms with E-state index in [1.807, 2.05) is 0 Å². The molecule has 1 aromatic carbocycles. The minimum atomic E-state index is -0.271. The number of hydrogen-bond acceptors (Lipinski definition) is 2. The molecule has 5 heteroatoms. The van der Waals surface area contributed by atoms with Crippen LogP contribution in [0.2, 0.25) is 0 Å². The average molecular weight is 344 g/mol. The Morgan fingerprint density at radius 1 is 1.45 bits per heavy atom. The normalized spacial score (nSPS) is 17.6. The number of hydrogen-bond donors (Lipinski definition) is 1. The zero-order valence-electron chi connectivity index (χ0n) is 11.4.